The lowest BCUT2D eigenvalue weighted by Gasteiger charge is -2.27. The smallest absolute Gasteiger partial charge is 0.262 e. The second-order valence-corrected chi connectivity index (χ2v) is 7.86. The minimum atomic E-state index is -3.82. The van der Waals surface area contributed by atoms with Crippen molar-refractivity contribution in [1.29, 1.82) is 0 Å². The highest BCUT2D eigenvalue weighted by atomic mass is 32.2. The number of sulfonamides is 1. The Morgan fingerprint density at radius 1 is 1.00 bits per heavy atom. The molecule has 0 radical (unpaired) electrons. The molecule has 27 heavy (non-hydrogen) atoms. The third kappa shape index (κ3) is 4.16. The molecule has 8 heteroatoms. The zero-order chi connectivity index (χ0) is 19.4. The zero-order valence-electron chi connectivity index (χ0n) is 15.3. The van der Waals surface area contributed by atoms with Gasteiger partial charge < -0.3 is 14.4 Å². The van der Waals surface area contributed by atoms with Crippen LogP contribution in [0.15, 0.2) is 47.4 Å². The van der Waals surface area contributed by atoms with Gasteiger partial charge in [0.1, 0.15) is 0 Å². The molecule has 0 aromatic heterocycles. The second-order valence-electron chi connectivity index (χ2n) is 6.18. The molecule has 1 amide bonds. The van der Waals surface area contributed by atoms with E-state index in [9.17, 15) is 13.2 Å². The molecule has 1 aliphatic heterocycles. The molecular weight excluding hydrogens is 368 g/mol. The van der Waals surface area contributed by atoms with Gasteiger partial charge in [0.2, 0.25) is 5.91 Å². The highest BCUT2D eigenvalue weighted by molar-refractivity contribution is 7.92. The Kier molecular flexibility index (Phi) is 5.55. The van der Waals surface area contributed by atoms with Crippen LogP contribution in [-0.2, 0) is 14.8 Å². The summed E-state index contributed by atoms with van der Waals surface area (Å²) in [6, 6.07) is 11.2. The molecule has 0 atom stereocenters. The maximum absolute atomic E-state index is 12.7. The summed E-state index contributed by atoms with van der Waals surface area (Å²) < 4.78 is 38.3. The largest absolute Gasteiger partial charge is 0.493 e. The lowest BCUT2D eigenvalue weighted by molar-refractivity contribution is -0.119. The standard InChI is InChI=1S/C19H22N2O5S/c1-25-17-10-9-16(13-18(17)26-2)27(23,24)20-14-6-5-7-15(12-14)21-11-4-3-8-19(21)22/h5-7,9-10,12-13,20H,3-4,8,11H2,1-2H3. The van der Waals surface area contributed by atoms with Gasteiger partial charge in [0, 0.05) is 24.7 Å². The monoisotopic (exact) mass is 390 g/mol. The number of nitrogens with one attached hydrogen (secondary N) is 1. The molecule has 2 aromatic carbocycles. The lowest BCUT2D eigenvalue weighted by atomic mass is 10.1. The number of ether oxygens (including phenoxy) is 2. The van der Waals surface area contributed by atoms with Gasteiger partial charge in [0.05, 0.1) is 24.8 Å². The first-order valence-electron chi connectivity index (χ1n) is 8.60. The first-order valence-corrected chi connectivity index (χ1v) is 10.1. The molecule has 1 saturated heterocycles. The van der Waals surface area contributed by atoms with Crippen LogP contribution in [0.3, 0.4) is 0 Å². The number of benzene rings is 2. The Hall–Kier alpha value is -2.74. The predicted molar refractivity (Wildman–Crippen MR) is 103 cm³/mol. The molecule has 3 rings (SSSR count). The number of rotatable bonds is 6. The molecule has 1 heterocycles. The highest BCUT2D eigenvalue weighted by Gasteiger charge is 2.21. The summed E-state index contributed by atoms with van der Waals surface area (Å²) in [5, 5.41) is 0. The minimum Gasteiger partial charge on any atom is -0.493 e. The van der Waals surface area contributed by atoms with Gasteiger partial charge in [0.25, 0.3) is 10.0 Å². The van der Waals surface area contributed by atoms with Crippen molar-refractivity contribution < 1.29 is 22.7 Å². The van der Waals surface area contributed by atoms with Crippen molar-refractivity contribution in [3.05, 3.63) is 42.5 Å². The van der Waals surface area contributed by atoms with Crippen molar-refractivity contribution in [1.82, 2.24) is 0 Å². The summed E-state index contributed by atoms with van der Waals surface area (Å²) in [7, 11) is -0.892. The maximum Gasteiger partial charge on any atom is 0.262 e. The van der Waals surface area contributed by atoms with E-state index in [1.54, 1.807) is 29.2 Å². The molecule has 0 saturated carbocycles. The van der Waals surface area contributed by atoms with Crippen molar-refractivity contribution in [3.8, 4) is 11.5 Å². The van der Waals surface area contributed by atoms with Crippen molar-refractivity contribution >= 4 is 27.3 Å². The van der Waals surface area contributed by atoms with E-state index in [1.807, 2.05) is 0 Å². The van der Waals surface area contributed by atoms with Crippen LogP contribution in [0.4, 0.5) is 11.4 Å². The number of carbonyl (C=O) groups is 1. The van der Waals surface area contributed by atoms with Crippen LogP contribution in [0, 0.1) is 0 Å². The summed E-state index contributed by atoms with van der Waals surface area (Å²) in [5.41, 5.74) is 1.08. The lowest BCUT2D eigenvalue weighted by Crippen LogP contribution is -2.35. The summed E-state index contributed by atoms with van der Waals surface area (Å²) in [6.07, 6.45) is 2.34. The molecule has 1 aliphatic rings. The summed E-state index contributed by atoms with van der Waals surface area (Å²) in [4.78, 5) is 13.9. The van der Waals surface area contributed by atoms with Gasteiger partial charge in [-0.05, 0) is 43.2 Å². The molecular formula is C19H22N2O5S. The van der Waals surface area contributed by atoms with Gasteiger partial charge in [-0.2, -0.15) is 0 Å². The van der Waals surface area contributed by atoms with E-state index in [0.717, 1.165) is 12.8 Å². The number of piperidine rings is 1. The molecule has 0 bridgehead atoms. The van der Waals surface area contributed by atoms with Crippen LogP contribution < -0.4 is 19.1 Å². The summed E-state index contributed by atoms with van der Waals surface area (Å²) >= 11 is 0. The average molecular weight is 390 g/mol. The Morgan fingerprint density at radius 2 is 1.78 bits per heavy atom. The van der Waals surface area contributed by atoms with Crippen molar-refractivity contribution in [3.63, 3.8) is 0 Å². The number of anilines is 2. The number of amides is 1. The fraction of sp³-hybridized carbons (Fsp3) is 0.316. The molecule has 0 aliphatic carbocycles. The quantitative estimate of drug-likeness (QED) is 0.820. The first-order chi connectivity index (χ1) is 12.9. The fourth-order valence-electron chi connectivity index (χ4n) is 3.01. The van der Waals surface area contributed by atoms with E-state index in [2.05, 4.69) is 4.72 Å². The minimum absolute atomic E-state index is 0.0552. The van der Waals surface area contributed by atoms with Gasteiger partial charge in [-0.15, -0.1) is 0 Å². The summed E-state index contributed by atoms with van der Waals surface area (Å²) in [6.45, 7) is 0.644. The Morgan fingerprint density at radius 3 is 2.48 bits per heavy atom. The number of hydrogen-bond donors (Lipinski definition) is 1. The van der Waals surface area contributed by atoms with Crippen LogP contribution in [0.2, 0.25) is 0 Å². The topological polar surface area (TPSA) is 84.9 Å². The van der Waals surface area contributed by atoms with Gasteiger partial charge in [-0.1, -0.05) is 6.07 Å². The van der Waals surface area contributed by atoms with Crippen molar-refractivity contribution in [2.45, 2.75) is 24.2 Å². The molecule has 1 N–H and O–H groups in total. The third-order valence-electron chi connectivity index (χ3n) is 4.40. The third-order valence-corrected chi connectivity index (χ3v) is 5.78. The number of nitrogens with zero attached hydrogens (tertiary/aromatic N) is 1. The molecule has 0 unspecified atom stereocenters. The first kappa shape index (κ1) is 19.0. The number of carbonyl (C=O) groups excluding carboxylic acids is 1. The normalized spacial score (nSPS) is 14.7. The number of hydrogen-bond acceptors (Lipinski definition) is 5. The van der Waals surface area contributed by atoms with Crippen molar-refractivity contribution in [2.75, 3.05) is 30.4 Å². The molecule has 7 nitrogen and oxygen atoms in total. The highest BCUT2D eigenvalue weighted by Crippen LogP contribution is 2.31. The van der Waals surface area contributed by atoms with E-state index < -0.39 is 10.0 Å². The Labute approximate surface area is 158 Å². The zero-order valence-corrected chi connectivity index (χ0v) is 16.1. The Bertz CT molecular complexity index is 943. The maximum atomic E-state index is 12.7. The molecule has 144 valence electrons. The van der Waals surface area contributed by atoms with Gasteiger partial charge in [0.15, 0.2) is 11.5 Å². The van der Waals surface area contributed by atoms with Crippen LogP contribution in [0.25, 0.3) is 0 Å². The number of methoxy groups -OCH3 is 2. The van der Waals surface area contributed by atoms with Crippen LogP contribution in [-0.4, -0.2) is 35.1 Å². The van der Waals surface area contributed by atoms with E-state index >= 15 is 0 Å². The van der Waals surface area contributed by atoms with Gasteiger partial charge in [-0.3, -0.25) is 9.52 Å². The SMILES string of the molecule is COc1ccc(S(=O)(=O)Nc2cccc(N3CCCCC3=O)c2)cc1OC. The van der Waals surface area contributed by atoms with Crippen LogP contribution >= 0.6 is 0 Å². The molecule has 2 aromatic rings. The average Bonchev–Trinajstić information content (AvgIpc) is 2.67. The van der Waals surface area contributed by atoms with E-state index in [-0.39, 0.29) is 10.8 Å². The van der Waals surface area contributed by atoms with E-state index in [0.29, 0.717) is 35.8 Å². The second kappa shape index (κ2) is 7.87. The Balaban J connectivity index is 1.86. The summed E-state index contributed by atoms with van der Waals surface area (Å²) in [5.74, 6) is 0.830. The molecule has 0 spiro atoms. The molecule has 1 fully saturated rings. The van der Waals surface area contributed by atoms with E-state index in [1.165, 1.54) is 32.4 Å². The predicted octanol–water partition coefficient (Wildman–Crippen LogP) is 3.02. The van der Waals surface area contributed by atoms with Gasteiger partial charge in [-0.25, -0.2) is 8.42 Å². The van der Waals surface area contributed by atoms with Crippen molar-refractivity contribution in [2.24, 2.45) is 0 Å². The van der Waals surface area contributed by atoms with Crippen LogP contribution in [0.5, 0.6) is 11.5 Å². The van der Waals surface area contributed by atoms with Crippen LogP contribution in [0.1, 0.15) is 19.3 Å². The van der Waals surface area contributed by atoms with E-state index in [4.69, 9.17) is 9.47 Å². The fourth-order valence-corrected chi connectivity index (χ4v) is 4.08. The van der Waals surface area contributed by atoms with Gasteiger partial charge >= 0.3 is 0 Å².